The first-order valence-electron chi connectivity index (χ1n) is 8.55. The van der Waals surface area contributed by atoms with Gasteiger partial charge in [0.05, 0.1) is 0 Å². The van der Waals surface area contributed by atoms with Gasteiger partial charge < -0.3 is 10.2 Å². The Bertz CT molecular complexity index is 452. The molecule has 2 unspecified atom stereocenters. The normalized spacial score (nSPS) is 27.5. The molecule has 2 atom stereocenters. The van der Waals surface area contributed by atoms with Crippen molar-refractivity contribution in [2.75, 3.05) is 39.8 Å². The number of benzene rings is 1. The predicted octanol–water partition coefficient (Wildman–Crippen LogP) is 2.29. The van der Waals surface area contributed by atoms with Gasteiger partial charge in [-0.2, -0.15) is 0 Å². The zero-order chi connectivity index (χ0) is 14.7. The van der Waals surface area contributed by atoms with Crippen LogP contribution in [0.2, 0.25) is 0 Å². The maximum atomic E-state index is 3.59. The molecular weight excluding hydrogens is 258 g/mol. The first-order chi connectivity index (χ1) is 10.3. The Hall–Kier alpha value is -0.900. The SMILES string of the molecule is CCCN1CCN(C2CCc3ccccc3C2NC)CC1. The molecule has 3 heteroatoms. The molecule has 1 aliphatic heterocycles. The minimum atomic E-state index is 0.493. The van der Waals surface area contributed by atoms with E-state index >= 15 is 0 Å². The van der Waals surface area contributed by atoms with Crippen LogP contribution in [0.25, 0.3) is 0 Å². The molecule has 1 aromatic carbocycles. The van der Waals surface area contributed by atoms with Gasteiger partial charge in [0.1, 0.15) is 0 Å². The lowest BCUT2D eigenvalue weighted by molar-refractivity contribution is 0.0719. The van der Waals surface area contributed by atoms with E-state index in [0.29, 0.717) is 12.1 Å². The Kier molecular flexibility index (Phi) is 4.94. The van der Waals surface area contributed by atoms with Gasteiger partial charge >= 0.3 is 0 Å². The van der Waals surface area contributed by atoms with Crippen LogP contribution in [-0.4, -0.2) is 55.6 Å². The first kappa shape index (κ1) is 15.0. The number of likely N-dealkylation sites (N-methyl/N-ethyl adjacent to an activating group) is 1. The third-order valence-electron chi connectivity index (χ3n) is 5.21. The summed E-state index contributed by atoms with van der Waals surface area (Å²) in [6.45, 7) is 8.47. The Morgan fingerprint density at radius 2 is 1.90 bits per heavy atom. The average molecular weight is 287 g/mol. The highest BCUT2D eigenvalue weighted by molar-refractivity contribution is 5.34. The van der Waals surface area contributed by atoms with Crippen molar-refractivity contribution in [3.05, 3.63) is 35.4 Å². The van der Waals surface area contributed by atoms with E-state index in [2.05, 4.69) is 53.4 Å². The molecule has 0 aromatic heterocycles. The predicted molar refractivity (Wildman–Crippen MR) is 88.7 cm³/mol. The summed E-state index contributed by atoms with van der Waals surface area (Å²) < 4.78 is 0. The maximum Gasteiger partial charge on any atom is 0.0478 e. The summed E-state index contributed by atoms with van der Waals surface area (Å²) in [5, 5.41) is 3.59. The largest absolute Gasteiger partial charge is 0.312 e. The highest BCUT2D eigenvalue weighted by atomic mass is 15.3. The standard InChI is InChI=1S/C18H29N3/c1-3-10-20-11-13-21(14-12-20)17-9-8-15-6-4-5-7-16(15)18(17)19-2/h4-7,17-19H,3,8-14H2,1-2H3. The molecule has 0 bridgehead atoms. The van der Waals surface area contributed by atoms with Crippen molar-refractivity contribution in [2.24, 2.45) is 0 Å². The van der Waals surface area contributed by atoms with E-state index in [4.69, 9.17) is 0 Å². The molecule has 0 spiro atoms. The second-order valence-electron chi connectivity index (χ2n) is 6.45. The molecule has 2 aliphatic rings. The van der Waals surface area contributed by atoms with Gasteiger partial charge in [-0.15, -0.1) is 0 Å². The average Bonchev–Trinajstić information content (AvgIpc) is 2.55. The van der Waals surface area contributed by atoms with Crippen LogP contribution < -0.4 is 5.32 Å². The molecule has 1 fully saturated rings. The van der Waals surface area contributed by atoms with E-state index in [0.717, 1.165) is 0 Å². The van der Waals surface area contributed by atoms with Crippen molar-refractivity contribution in [3.63, 3.8) is 0 Å². The summed E-state index contributed by atoms with van der Waals surface area (Å²) in [4.78, 5) is 5.34. The van der Waals surface area contributed by atoms with Crippen LogP contribution in [0, 0.1) is 0 Å². The number of rotatable bonds is 4. The van der Waals surface area contributed by atoms with Crippen molar-refractivity contribution in [2.45, 2.75) is 38.3 Å². The van der Waals surface area contributed by atoms with Crippen LogP contribution in [0.1, 0.15) is 36.9 Å². The third-order valence-corrected chi connectivity index (χ3v) is 5.21. The molecule has 3 nitrogen and oxygen atoms in total. The Balaban J connectivity index is 1.69. The highest BCUT2D eigenvalue weighted by Crippen LogP contribution is 2.33. The fraction of sp³-hybridized carbons (Fsp3) is 0.667. The Labute approximate surface area is 129 Å². The maximum absolute atomic E-state index is 3.59. The Morgan fingerprint density at radius 3 is 2.62 bits per heavy atom. The van der Waals surface area contributed by atoms with E-state index in [1.165, 1.54) is 63.1 Å². The monoisotopic (exact) mass is 287 g/mol. The zero-order valence-corrected chi connectivity index (χ0v) is 13.5. The van der Waals surface area contributed by atoms with Gasteiger partial charge in [0.25, 0.3) is 0 Å². The molecule has 1 aliphatic carbocycles. The van der Waals surface area contributed by atoms with Crippen molar-refractivity contribution in [3.8, 4) is 0 Å². The molecule has 1 aromatic rings. The molecule has 1 saturated heterocycles. The van der Waals surface area contributed by atoms with E-state index < -0.39 is 0 Å². The molecule has 3 rings (SSSR count). The van der Waals surface area contributed by atoms with Crippen molar-refractivity contribution >= 4 is 0 Å². The molecule has 1 N–H and O–H groups in total. The van der Waals surface area contributed by atoms with Gasteiger partial charge in [-0.1, -0.05) is 31.2 Å². The number of hydrogen-bond acceptors (Lipinski definition) is 3. The number of hydrogen-bond donors (Lipinski definition) is 1. The molecule has 0 amide bonds. The molecule has 0 radical (unpaired) electrons. The lowest BCUT2D eigenvalue weighted by atomic mass is 9.83. The van der Waals surface area contributed by atoms with Gasteiger partial charge in [-0.3, -0.25) is 4.90 Å². The fourth-order valence-electron chi connectivity index (χ4n) is 4.12. The zero-order valence-electron chi connectivity index (χ0n) is 13.5. The van der Waals surface area contributed by atoms with Gasteiger partial charge in [-0.25, -0.2) is 0 Å². The summed E-state index contributed by atoms with van der Waals surface area (Å²) >= 11 is 0. The lowest BCUT2D eigenvalue weighted by Gasteiger charge is -2.44. The van der Waals surface area contributed by atoms with Crippen LogP contribution in [0.3, 0.4) is 0 Å². The van der Waals surface area contributed by atoms with Crippen molar-refractivity contribution < 1.29 is 0 Å². The van der Waals surface area contributed by atoms with E-state index in [1.54, 1.807) is 0 Å². The van der Waals surface area contributed by atoms with Gasteiger partial charge in [0, 0.05) is 38.3 Å². The van der Waals surface area contributed by atoms with Crippen LogP contribution in [0.15, 0.2) is 24.3 Å². The minimum Gasteiger partial charge on any atom is -0.312 e. The van der Waals surface area contributed by atoms with Gasteiger partial charge in [-0.05, 0) is 44.0 Å². The van der Waals surface area contributed by atoms with Crippen LogP contribution in [0.4, 0.5) is 0 Å². The minimum absolute atomic E-state index is 0.493. The highest BCUT2D eigenvalue weighted by Gasteiger charge is 2.33. The smallest absolute Gasteiger partial charge is 0.0478 e. The fourth-order valence-corrected chi connectivity index (χ4v) is 4.12. The van der Waals surface area contributed by atoms with Gasteiger partial charge in [0.15, 0.2) is 0 Å². The Morgan fingerprint density at radius 1 is 1.14 bits per heavy atom. The second-order valence-corrected chi connectivity index (χ2v) is 6.45. The summed E-state index contributed by atoms with van der Waals surface area (Å²) in [6, 6.07) is 10.1. The van der Waals surface area contributed by atoms with Crippen LogP contribution in [0.5, 0.6) is 0 Å². The molecule has 21 heavy (non-hydrogen) atoms. The molecular formula is C18H29N3. The topological polar surface area (TPSA) is 18.5 Å². The quantitative estimate of drug-likeness (QED) is 0.916. The van der Waals surface area contributed by atoms with Crippen molar-refractivity contribution in [1.82, 2.24) is 15.1 Å². The van der Waals surface area contributed by atoms with Crippen molar-refractivity contribution in [1.29, 1.82) is 0 Å². The summed E-state index contributed by atoms with van der Waals surface area (Å²) in [6.07, 6.45) is 3.79. The van der Waals surface area contributed by atoms with Crippen LogP contribution in [-0.2, 0) is 6.42 Å². The molecule has 1 heterocycles. The summed E-state index contributed by atoms with van der Waals surface area (Å²) in [5.74, 6) is 0. The number of nitrogens with zero attached hydrogens (tertiary/aromatic N) is 2. The summed E-state index contributed by atoms with van der Waals surface area (Å²) in [7, 11) is 2.12. The number of fused-ring (bicyclic) bond motifs is 1. The number of nitrogens with one attached hydrogen (secondary N) is 1. The van der Waals surface area contributed by atoms with Crippen LogP contribution >= 0.6 is 0 Å². The third kappa shape index (κ3) is 3.15. The summed E-state index contributed by atoms with van der Waals surface area (Å²) in [5.41, 5.74) is 3.06. The lowest BCUT2D eigenvalue weighted by Crippen LogP contribution is -2.54. The van der Waals surface area contributed by atoms with E-state index in [-0.39, 0.29) is 0 Å². The molecule has 0 saturated carbocycles. The van der Waals surface area contributed by atoms with Gasteiger partial charge in [0.2, 0.25) is 0 Å². The first-order valence-corrected chi connectivity index (χ1v) is 8.55. The van der Waals surface area contributed by atoms with E-state index in [9.17, 15) is 0 Å². The number of aryl methyl sites for hydroxylation is 1. The van der Waals surface area contributed by atoms with E-state index in [1.807, 2.05) is 0 Å². The molecule has 116 valence electrons. The second kappa shape index (κ2) is 6.91. The number of piperazine rings is 1.